The Bertz CT molecular complexity index is 841. The van der Waals surface area contributed by atoms with Crippen LogP contribution >= 0.6 is 0 Å². The predicted molar refractivity (Wildman–Crippen MR) is 91.0 cm³/mol. The molecule has 0 unspecified atom stereocenters. The van der Waals surface area contributed by atoms with Gasteiger partial charge >= 0.3 is 0 Å². The summed E-state index contributed by atoms with van der Waals surface area (Å²) in [5, 5.41) is 13.1. The zero-order valence-electron chi connectivity index (χ0n) is 12.9. The Hall–Kier alpha value is -2.88. The van der Waals surface area contributed by atoms with Crippen LogP contribution in [0.1, 0.15) is 18.1 Å². The molecule has 0 heterocycles. The number of benzene rings is 3. The number of nitro groups is 1. The van der Waals surface area contributed by atoms with Crippen LogP contribution in [0.4, 0.5) is 5.69 Å². The van der Waals surface area contributed by atoms with E-state index in [-0.39, 0.29) is 10.6 Å². The quantitative estimate of drug-likeness (QED) is 0.505. The summed E-state index contributed by atoms with van der Waals surface area (Å²) >= 11 is 0. The summed E-state index contributed by atoms with van der Waals surface area (Å²) < 4.78 is 5.77. The van der Waals surface area contributed by atoms with Gasteiger partial charge in [-0.3, -0.25) is 10.1 Å². The summed E-state index contributed by atoms with van der Waals surface area (Å²) in [5.74, 6) is 0.865. The Labute approximate surface area is 134 Å². The van der Waals surface area contributed by atoms with Gasteiger partial charge in [-0.1, -0.05) is 42.5 Å². The summed E-state index contributed by atoms with van der Waals surface area (Å²) in [6, 6.07) is 18.9. The Morgan fingerprint density at radius 2 is 1.74 bits per heavy atom. The van der Waals surface area contributed by atoms with Crippen LogP contribution in [-0.2, 0) is 6.42 Å². The second-order valence-corrected chi connectivity index (χ2v) is 5.30. The van der Waals surface area contributed by atoms with Crippen molar-refractivity contribution in [2.45, 2.75) is 13.3 Å². The average molecular weight is 307 g/mol. The number of nitrogens with zero attached hydrogens (tertiary/aromatic N) is 1. The van der Waals surface area contributed by atoms with Gasteiger partial charge in [-0.05, 0) is 29.3 Å². The first kappa shape index (κ1) is 15.0. The first-order valence-corrected chi connectivity index (χ1v) is 7.56. The molecular weight excluding hydrogens is 290 g/mol. The van der Waals surface area contributed by atoms with Crippen LogP contribution in [0.25, 0.3) is 10.8 Å². The predicted octanol–water partition coefficient (Wildman–Crippen LogP) is 4.74. The fourth-order valence-electron chi connectivity index (χ4n) is 2.73. The Balaban J connectivity index is 2.03. The first-order valence-electron chi connectivity index (χ1n) is 7.56. The number of non-ortho nitro benzene ring substituents is 1. The maximum absolute atomic E-state index is 10.8. The van der Waals surface area contributed by atoms with Crippen molar-refractivity contribution in [2.75, 3.05) is 6.61 Å². The smallest absolute Gasteiger partial charge is 0.269 e. The van der Waals surface area contributed by atoms with E-state index in [1.54, 1.807) is 24.3 Å². The largest absolute Gasteiger partial charge is 0.494 e. The second kappa shape index (κ2) is 6.48. The van der Waals surface area contributed by atoms with Gasteiger partial charge in [-0.15, -0.1) is 0 Å². The summed E-state index contributed by atoms with van der Waals surface area (Å²) in [7, 11) is 0. The lowest BCUT2D eigenvalue weighted by Gasteiger charge is -2.13. The van der Waals surface area contributed by atoms with Gasteiger partial charge in [0.25, 0.3) is 5.69 Å². The zero-order valence-corrected chi connectivity index (χ0v) is 12.9. The van der Waals surface area contributed by atoms with Gasteiger partial charge in [0, 0.05) is 24.1 Å². The van der Waals surface area contributed by atoms with Crippen molar-refractivity contribution in [1.82, 2.24) is 0 Å². The molecule has 0 aromatic heterocycles. The normalized spacial score (nSPS) is 10.7. The molecule has 23 heavy (non-hydrogen) atoms. The van der Waals surface area contributed by atoms with Crippen LogP contribution in [-0.4, -0.2) is 11.5 Å². The van der Waals surface area contributed by atoms with Crippen molar-refractivity contribution >= 4 is 16.5 Å². The molecule has 0 saturated carbocycles. The fraction of sp³-hybridized carbons (Fsp3) is 0.158. The molecule has 0 amide bonds. The summed E-state index contributed by atoms with van der Waals surface area (Å²) in [4.78, 5) is 10.4. The maximum Gasteiger partial charge on any atom is 0.269 e. The molecular formula is C19H17NO3. The topological polar surface area (TPSA) is 52.4 Å². The second-order valence-electron chi connectivity index (χ2n) is 5.30. The highest BCUT2D eigenvalue weighted by molar-refractivity contribution is 5.88. The number of rotatable bonds is 5. The molecule has 3 rings (SSSR count). The van der Waals surface area contributed by atoms with Crippen LogP contribution in [0, 0.1) is 10.1 Å². The third kappa shape index (κ3) is 3.16. The molecule has 0 aliphatic heterocycles. The molecule has 0 radical (unpaired) electrons. The van der Waals surface area contributed by atoms with Crippen LogP contribution in [0.5, 0.6) is 5.75 Å². The Kier molecular flexibility index (Phi) is 4.24. The van der Waals surface area contributed by atoms with E-state index in [1.165, 1.54) is 0 Å². The minimum atomic E-state index is -0.382. The van der Waals surface area contributed by atoms with Crippen molar-refractivity contribution in [3.05, 3.63) is 81.9 Å². The standard InChI is InChI=1S/C19H17NO3/c1-2-23-19-12-9-15-5-3-4-6-17(15)18(19)13-14-7-10-16(11-8-14)20(21)22/h3-12H,2,13H2,1H3. The fourth-order valence-corrected chi connectivity index (χ4v) is 2.73. The van der Waals surface area contributed by atoms with Gasteiger partial charge in [0.05, 0.1) is 11.5 Å². The summed E-state index contributed by atoms with van der Waals surface area (Å²) in [5.41, 5.74) is 2.24. The van der Waals surface area contributed by atoms with Crippen LogP contribution in [0.15, 0.2) is 60.7 Å². The third-order valence-electron chi connectivity index (χ3n) is 3.83. The van der Waals surface area contributed by atoms with Gasteiger partial charge < -0.3 is 4.74 Å². The summed E-state index contributed by atoms with van der Waals surface area (Å²) in [6.07, 6.45) is 0.675. The van der Waals surface area contributed by atoms with Gasteiger partial charge in [-0.25, -0.2) is 0 Å². The van der Waals surface area contributed by atoms with Crippen molar-refractivity contribution in [3.8, 4) is 5.75 Å². The van der Waals surface area contributed by atoms with Crippen LogP contribution in [0.2, 0.25) is 0 Å². The molecule has 3 aromatic carbocycles. The molecule has 3 aromatic rings. The number of fused-ring (bicyclic) bond motifs is 1. The number of hydrogen-bond acceptors (Lipinski definition) is 3. The molecule has 0 aliphatic rings. The molecule has 0 N–H and O–H groups in total. The molecule has 116 valence electrons. The highest BCUT2D eigenvalue weighted by atomic mass is 16.6. The summed E-state index contributed by atoms with van der Waals surface area (Å²) in [6.45, 7) is 2.57. The number of ether oxygens (including phenoxy) is 1. The zero-order chi connectivity index (χ0) is 16.2. The SMILES string of the molecule is CCOc1ccc2ccccc2c1Cc1ccc([N+](=O)[O-])cc1. The average Bonchev–Trinajstić information content (AvgIpc) is 2.57. The van der Waals surface area contributed by atoms with Crippen molar-refractivity contribution in [1.29, 1.82) is 0 Å². The van der Waals surface area contributed by atoms with Crippen molar-refractivity contribution in [2.24, 2.45) is 0 Å². The van der Waals surface area contributed by atoms with Gasteiger partial charge in [0.1, 0.15) is 5.75 Å². The highest BCUT2D eigenvalue weighted by Gasteiger charge is 2.11. The number of nitro benzene ring substituents is 1. The lowest BCUT2D eigenvalue weighted by molar-refractivity contribution is -0.384. The first-order chi connectivity index (χ1) is 11.2. The van der Waals surface area contributed by atoms with Crippen molar-refractivity contribution < 1.29 is 9.66 Å². The van der Waals surface area contributed by atoms with E-state index in [2.05, 4.69) is 18.2 Å². The van der Waals surface area contributed by atoms with Gasteiger partial charge in [0.2, 0.25) is 0 Å². The van der Waals surface area contributed by atoms with E-state index in [0.29, 0.717) is 13.0 Å². The van der Waals surface area contributed by atoms with Crippen molar-refractivity contribution in [3.63, 3.8) is 0 Å². The Morgan fingerprint density at radius 3 is 2.43 bits per heavy atom. The molecule has 0 atom stereocenters. The van der Waals surface area contributed by atoms with E-state index in [4.69, 9.17) is 4.74 Å². The van der Waals surface area contributed by atoms with Gasteiger partial charge in [-0.2, -0.15) is 0 Å². The minimum absolute atomic E-state index is 0.108. The van der Waals surface area contributed by atoms with Gasteiger partial charge in [0.15, 0.2) is 0 Å². The van der Waals surface area contributed by atoms with E-state index in [1.807, 2.05) is 25.1 Å². The monoisotopic (exact) mass is 307 g/mol. The lowest BCUT2D eigenvalue weighted by atomic mass is 9.97. The van der Waals surface area contributed by atoms with E-state index >= 15 is 0 Å². The van der Waals surface area contributed by atoms with E-state index < -0.39 is 0 Å². The molecule has 4 heteroatoms. The molecule has 4 nitrogen and oxygen atoms in total. The van der Waals surface area contributed by atoms with Crippen LogP contribution in [0.3, 0.4) is 0 Å². The van der Waals surface area contributed by atoms with E-state index in [0.717, 1.165) is 27.6 Å². The molecule has 0 saturated heterocycles. The molecule has 0 aliphatic carbocycles. The maximum atomic E-state index is 10.8. The third-order valence-corrected chi connectivity index (χ3v) is 3.83. The highest BCUT2D eigenvalue weighted by Crippen LogP contribution is 2.30. The van der Waals surface area contributed by atoms with E-state index in [9.17, 15) is 10.1 Å². The molecule has 0 spiro atoms. The minimum Gasteiger partial charge on any atom is -0.494 e. The number of hydrogen-bond donors (Lipinski definition) is 0. The molecule has 0 bridgehead atoms. The molecule has 0 fully saturated rings. The Morgan fingerprint density at radius 1 is 1.00 bits per heavy atom. The lowest BCUT2D eigenvalue weighted by Crippen LogP contribution is -1.99. The van der Waals surface area contributed by atoms with Crippen LogP contribution < -0.4 is 4.74 Å².